The third-order valence-corrected chi connectivity index (χ3v) is 3.90. The number of hydrogen-bond acceptors (Lipinski definition) is 2. The molecular formula is C13H17IO2. The molecule has 0 aliphatic carbocycles. The summed E-state index contributed by atoms with van der Waals surface area (Å²) < 4.78 is 6.79. The van der Waals surface area contributed by atoms with Crippen LogP contribution in [0.25, 0.3) is 0 Å². The molecular weight excluding hydrogens is 315 g/mol. The van der Waals surface area contributed by atoms with Crippen LogP contribution in [0.4, 0.5) is 0 Å². The molecule has 1 N–H and O–H groups in total. The predicted molar refractivity (Wildman–Crippen MR) is 72.4 cm³/mol. The highest BCUT2D eigenvalue weighted by molar-refractivity contribution is 14.1. The fourth-order valence-corrected chi connectivity index (χ4v) is 2.55. The van der Waals surface area contributed by atoms with Crippen molar-refractivity contribution in [3.63, 3.8) is 0 Å². The van der Waals surface area contributed by atoms with Gasteiger partial charge >= 0.3 is 0 Å². The molecule has 1 aliphatic heterocycles. The molecule has 1 saturated heterocycles. The summed E-state index contributed by atoms with van der Waals surface area (Å²) in [7, 11) is 0. The van der Waals surface area contributed by atoms with Gasteiger partial charge in [-0.2, -0.15) is 0 Å². The van der Waals surface area contributed by atoms with Crippen molar-refractivity contribution < 1.29 is 9.84 Å². The van der Waals surface area contributed by atoms with Crippen LogP contribution in [0.2, 0.25) is 0 Å². The molecule has 3 atom stereocenters. The van der Waals surface area contributed by atoms with Crippen molar-refractivity contribution in [3.8, 4) is 0 Å². The van der Waals surface area contributed by atoms with E-state index in [0.29, 0.717) is 12.3 Å². The first-order valence-corrected chi connectivity index (χ1v) is 6.79. The Bertz CT molecular complexity index is 336. The predicted octanol–water partition coefficient (Wildman–Crippen LogP) is 2.62. The number of benzene rings is 1. The van der Waals surface area contributed by atoms with E-state index in [1.807, 2.05) is 0 Å². The summed E-state index contributed by atoms with van der Waals surface area (Å²) in [6, 6.07) is 8.29. The third kappa shape index (κ3) is 2.96. The molecule has 3 unspecified atom stereocenters. The molecule has 88 valence electrons. The lowest BCUT2D eigenvalue weighted by Crippen LogP contribution is -2.31. The summed E-state index contributed by atoms with van der Waals surface area (Å²) in [4.78, 5) is 0. The maximum Gasteiger partial charge on any atom is 0.0863 e. The van der Waals surface area contributed by atoms with Crippen LogP contribution in [-0.4, -0.2) is 23.9 Å². The summed E-state index contributed by atoms with van der Waals surface area (Å²) in [6.07, 6.45) is 1.39. The lowest BCUT2D eigenvalue weighted by atomic mass is 9.95. The van der Waals surface area contributed by atoms with Gasteiger partial charge in [-0.3, -0.25) is 0 Å². The largest absolute Gasteiger partial charge is 0.390 e. The van der Waals surface area contributed by atoms with Crippen molar-refractivity contribution in [3.05, 3.63) is 33.4 Å². The summed E-state index contributed by atoms with van der Waals surface area (Å²) in [5.41, 5.74) is 1.18. The Kier molecular flexibility index (Phi) is 4.21. The first-order valence-electron chi connectivity index (χ1n) is 5.71. The van der Waals surface area contributed by atoms with Crippen molar-refractivity contribution in [2.24, 2.45) is 5.92 Å². The Balaban J connectivity index is 1.96. The van der Waals surface area contributed by atoms with Crippen LogP contribution in [0.5, 0.6) is 0 Å². The molecule has 1 aliphatic rings. The standard InChI is InChI=1S/C13H17IO2/c1-9-6-7-16-13(9)12(15)8-10-2-4-11(14)5-3-10/h2-5,9,12-13,15H,6-8H2,1H3. The van der Waals surface area contributed by atoms with Gasteiger partial charge in [0, 0.05) is 16.6 Å². The second-order valence-corrected chi connectivity index (χ2v) is 5.74. The molecule has 1 aromatic rings. The van der Waals surface area contributed by atoms with Crippen LogP contribution in [0.15, 0.2) is 24.3 Å². The smallest absolute Gasteiger partial charge is 0.0863 e. The Labute approximate surface area is 110 Å². The average molecular weight is 332 g/mol. The number of aliphatic hydroxyl groups excluding tert-OH is 1. The molecule has 0 aromatic heterocycles. The van der Waals surface area contributed by atoms with Gasteiger partial charge in [-0.25, -0.2) is 0 Å². The zero-order valence-corrected chi connectivity index (χ0v) is 11.6. The molecule has 2 nitrogen and oxygen atoms in total. The van der Waals surface area contributed by atoms with E-state index >= 15 is 0 Å². The van der Waals surface area contributed by atoms with E-state index in [2.05, 4.69) is 53.8 Å². The SMILES string of the molecule is CC1CCOC1C(O)Cc1ccc(I)cc1. The van der Waals surface area contributed by atoms with Gasteiger partial charge in [0.2, 0.25) is 0 Å². The van der Waals surface area contributed by atoms with E-state index in [1.54, 1.807) is 0 Å². The maximum atomic E-state index is 10.1. The lowest BCUT2D eigenvalue weighted by Gasteiger charge is -2.21. The molecule has 0 bridgehead atoms. The van der Waals surface area contributed by atoms with Crippen LogP contribution < -0.4 is 0 Å². The number of rotatable bonds is 3. The molecule has 0 amide bonds. The minimum atomic E-state index is -0.377. The van der Waals surface area contributed by atoms with E-state index in [4.69, 9.17) is 4.74 Å². The van der Waals surface area contributed by atoms with Crippen molar-refractivity contribution in [1.29, 1.82) is 0 Å². The zero-order chi connectivity index (χ0) is 11.5. The molecule has 16 heavy (non-hydrogen) atoms. The highest BCUT2D eigenvalue weighted by atomic mass is 127. The lowest BCUT2D eigenvalue weighted by molar-refractivity contribution is -0.0157. The summed E-state index contributed by atoms with van der Waals surface area (Å²) in [5.74, 6) is 0.471. The van der Waals surface area contributed by atoms with Gasteiger partial charge in [0.1, 0.15) is 0 Å². The van der Waals surface area contributed by atoms with Crippen molar-refractivity contribution in [1.82, 2.24) is 0 Å². The molecule has 0 radical (unpaired) electrons. The van der Waals surface area contributed by atoms with Crippen LogP contribution in [0, 0.1) is 9.49 Å². The summed E-state index contributed by atoms with van der Waals surface area (Å²) in [6.45, 7) is 2.93. The molecule has 2 rings (SSSR count). The Morgan fingerprint density at radius 2 is 2.12 bits per heavy atom. The maximum absolute atomic E-state index is 10.1. The van der Waals surface area contributed by atoms with Gasteiger partial charge in [-0.05, 0) is 52.6 Å². The van der Waals surface area contributed by atoms with E-state index in [1.165, 1.54) is 9.13 Å². The van der Waals surface area contributed by atoms with Crippen molar-refractivity contribution in [2.45, 2.75) is 32.0 Å². The fourth-order valence-electron chi connectivity index (χ4n) is 2.19. The Hall–Kier alpha value is -0.130. The summed E-state index contributed by atoms with van der Waals surface area (Å²) >= 11 is 2.28. The van der Waals surface area contributed by atoms with Gasteiger partial charge < -0.3 is 9.84 Å². The second kappa shape index (κ2) is 5.47. The Morgan fingerprint density at radius 3 is 2.69 bits per heavy atom. The van der Waals surface area contributed by atoms with E-state index in [0.717, 1.165) is 13.0 Å². The van der Waals surface area contributed by atoms with Gasteiger partial charge in [0.05, 0.1) is 12.2 Å². The van der Waals surface area contributed by atoms with Crippen molar-refractivity contribution in [2.75, 3.05) is 6.61 Å². The number of aliphatic hydroxyl groups is 1. The van der Waals surface area contributed by atoms with Crippen LogP contribution in [0.1, 0.15) is 18.9 Å². The molecule has 1 heterocycles. The van der Waals surface area contributed by atoms with Gasteiger partial charge in [0.25, 0.3) is 0 Å². The molecule has 3 heteroatoms. The van der Waals surface area contributed by atoms with Crippen LogP contribution in [0.3, 0.4) is 0 Å². The van der Waals surface area contributed by atoms with E-state index < -0.39 is 0 Å². The highest BCUT2D eigenvalue weighted by Gasteiger charge is 2.30. The minimum Gasteiger partial charge on any atom is -0.390 e. The second-order valence-electron chi connectivity index (χ2n) is 4.50. The van der Waals surface area contributed by atoms with Gasteiger partial charge in [-0.1, -0.05) is 19.1 Å². The van der Waals surface area contributed by atoms with Crippen LogP contribution >= 0.6 is 22.6 Å². The number of hydrogen-bond donors (Lipinski definition) is 1. The topological polar surface area (TPSA) is 29.5 Å². The molecule has 1 aromatic carbocycles. The first-order chi connectivity index (χ1) is 7.66. The quantitative estimate of drug-likeness (QED) is 0.863. The Morgan fingerprint density at radius 1 is 1.44 bits per heavy atom. The van der Waals surface area contributed by atoms with Crippen molar-refractivity contribution >= 4 is 22.6 Å². The zero-order valence-electron chi connectivity index (χ0n) is 9.40. The first kappa shape index (κ1) is 12.3. The van der Waals surface area contributed by atoms with E-state index in [-0.39, 0.29) is 12.2 Å². The normalized spacial score (nSPS) is 26.9. The third-order valence-electron chi connectivity index (χ3n) is 3.18. The fraction of sp³-hybridized carbons (Fsp3) is 0.538. The molecule has 0 spiro atoms. The number of halogens is 1. The van der Waals surface area contributed by atoms with Crippen LogP contribution in [-0.2, 0) is 11.2 Å². The van der Waals surface area contributed by atoms with Gasteiger partial charge in [-0.15, -0.1) is 0 Å². The molecule has 0 saturated carbocycles. The minimum absolute atomic E-state index is 0.0132. The van der Waals surface area contributed by atoms with E-state index in [9.17, 15) is 5.11 Å². The molecule has 1 fully saturated rings. The average Bonchev–Trinajstić information content (AvgIpc) is 2.68. The van der Waals surface area contributed by atoms with Gasteiger partial charge in [0.15, 0.2) is 0 Å². The highest BCUT2D eigenvalue weighted by Crippen LogP contribution is 2.24. The summed E-state index contributed by atoms with van der Waals surface area (Å²) in [5, 5.41) is 10.1. The monoisotopic (exact) mass is 332 g/mol. The number of ether oxygens (including phenoxy) is 1.